The first-order valence-corrected chi connectivity index (χ1v) is 12.1. The highest BCUT2D eigenvalue weighted by molar-refractivity contribution is 7.89. The van der Waals surface area contributed by atoms with Crippen LogP contribution in [0, 0.1) is 11.3 Å². The SMILES string of the molecule is N#CCCNS(=O)(=O)c1cccc(C(=O)N2CCC[C@H]2c2ccc3c(c2)OCCCO3)c1. The van der Waals surface area contributed by atoms with E-state index in [0.29, 0.717) is 36.8 Å². The lowest BCUT2D eigenvalue weighted by atomic mass is 10.0. The molecule has 2 heterocycles. The van der Waals surface area contributed by atoms with Crippen molar-refractivity contribution in [1.82, 2.24) is 9.62 Å². The van der Waals surface area contributed by atoms with E-state index in [1.165, 1.54) is 12.1 Å². The van der Waals surface area contributed by atoms with E-state index in [1.807, 2.05) is 24.3 Å². The zero-order chi connectivity index (χ0) is 22.6. The third kappa shape index (κ3) is 4.71. The summed E-state index contributed by atoms with van der Waals surface area (Å²) in [4.78, 5) is 15.1. The molecule has 0 aromatic heterocycles. The normalized spacial score (nSPS) is 18.1. The number of amides is 1. The molecule has 2 aromatic carbocycles. The first-order chi connectivity index (χ1) is 15.5. The van der Waals surface area contributed by atoms with Crippen molar-refractivity contribution < 1.29 is 22.7 Å². The number of hydrogen-bond acceptors (Lipinski definition) is 6. The maximum absolute atomic E-state index is 13.3. The van der Waals surface area contributed by atoms with Crippen molar-refractivity contribution in [1.29, 1.82) is 5.26 Å². The molecule has 0 bridgehead atoms. The first kappa shape index (κ1) is 22.1. The minimum Gasteiger partial charge on any atom is -0.490 e. The van der Waals surface area contributed by atoms with Gasteiger partial charge >= 0.3 is 0 Å². The summed E-state index contributed by atoms with van der Waals surface area (Å²) in [6.45, 7) is 1.82. The number of hydrogen-bond donors (Lipinski definition) is 1. The number of nitriles is 1. The molecule has 2 aromatic rings. The summed E-state index contributed by atoms with van der Waals surface area (Å²) in [5.41, 5.74) is 1.29. The number of likely N-dealkylation sites (tertiary alicyclic amines) is 1. The van der Waals surface area contributed by atoms with Crippen LogP contribution in [-0.4, -0.2) is 45.5 Å². The van der Waals surface area contributed by atoms with Crippen molar-refractivity contribution in [3.63, 3.8) is 0 Å². The standard InChI is InChI=1S/C23H25N3O5S/c24-10-3-11-25-32(28,29)19-6-1-5-18(15-19)23(27)26-12-2-7-20(26)17-8-9-21-22(16-17)31-14-4-13-30-21/h1,5-6,8-9,15-16,20,25H,2-4,7,11-14H2/t20-/m0/s1. The number of carbonyl (C=O) groups excluding carboxylic acids is 1. The van der Waals surface area contributed by atoms with Crippen LogP contribution in [0.25, 0.3) is 0 Å². The average Bonchev–Trinajstić information content (AvgIpc) is 3.17. The Balaban J connectivity index is 1.56. The number of benzene rings is 2. The largest absolute Gasteiger partial charge is 0.490 e. The lowest BCUT2D eigenvalue weighted by Gasteiger charge is -2.26. The quantitative estimate of drug-likeness (QED) is 0.671. The van der Waals surface area contributed by atoms with Gasteiger partial charge in [-0.15, -0.1) is 0 Å². The van der Waals surface area contributed by atoms with Crippen molar-refractivity contribution in [2.45, 2.75) is 36.6 Å². The van der Waals surface area contributed by atoms with Gasteiger partial charge in [-0.25, -0.2) is 13.1 Å². The van der Waals surface area contributed by atoms with Crippen LogP contribution in [0.15, 0.2) is 47.4 Å². The number of ether oxygens (including phenoxy) is 2. The highest BCUT2D eigenvalue weighted by atomic mass is 32.2. The maximum atomic E-state index is 13.3. The van der Waals surface area contributed by atoms with Gasteiger partial charge in [0.2, 0.25) is 10.0 Å². The lowest BCUT2D eigenvalue weighted by molar-refractivity contribution is 0.0735. The fourth-order valence-corrected chi connectivity index (χ4v) is 5.11. The van der Waals surface area contributed by atoms with Gasteiger partial charge < -0.3 is 14.4 Å². The van der Waals surface area contributed by atoms with Crippen LogP contribution in [0.5, 0.6) is 11.5 Å². The predicted molar refractivity (Wildman–Crippen MR) is 117 cm³/mol. The summed E-state index contributed by atoms with van der Waals surface area (Å²) in [7, 11) is -3.79. The molecule has 1 atom stereocenters. The Labute approximate surface area is 187 Å². The Morgan fingerprint density at radius 3 is 2.75 bits per heavy atom. The fraction of sp³-hybridized carbons (Fsp3) is 0.391. The van der Waals surface area contributed by atoms with Crippen molar-refractivity contribution in [2.24, 2.45) is 0 Å². The molecule has 32 heavy (non-hydrogen) atoms. The van der Waals surface area contributed by atoms with E-state index >= 15 is 0 Å². The molecule has 0 saturated carbocycles. The van der Waals surface area contributed by atoms with Crippen LogP contribution < -0.4 is 14.2 Å². The van der Waals surface area contributed by atoms with Crippen molar-refractivity contribution in [2.75, 3.05) is 26.3 Å². The van der Waals surface area contributed by atoms with E-state index in [0.717, 1.165) is 24.8 Å². The minimum absolute atomic E-state index is 0.00705. The third-order valence-corrected chi connectivity index (χ3v) is 7.05. The zero-order valence-corrected chi connectivity index (χ0v) is 18.4. The van der Waals surface area contributed by atoms with E-state index in [4.69, 9.17) is 14.7 Å². The molecule has 0 aliphatic carbocycles. The molecule has 0 spiro atoms. The molecule has 168 valence electrons. The molecule has 1 fully saturated rings. The van der Waals surface area contributed by atoms with Gasteiger partial charge in [-0.05, 0) is 48.7 Å². The molecule has 1 saturated heterocycles. The number of nitrogens with one attached hydrogen (secondary N) is 1. The molecular formula is C23H25N3O5S. The highest BCUT2D eigenvalue weighted by Gasteiger charge is 2.32. The first-order valence-electron chi connectivity index (χ1n) is 10.7. The van der Waals surface area contributed by atoms with Crippen LogP contribution in [0.3, 0.4) is 0 Å². The molecule has 2 aliphatic rings. The maximum Gasteiger partial charge on any atom is 0.254 e. The van der Waals surface area contributed by atoms with Crippen LogP contribution in [0.1, 0.15) is 47.6 Å². The Kier molecular flexibility index (Phi) is 6.63. The van der Waals surface area contributed by atoms with E-state index in [2.05, 4.69) is 4.72 Å². The van der Waals surface area contributed by atoms with Gasteiger partial charge in [0.1, 0.15) is 0 Å². The Morgan fingerprint density at radius 2 is 1.94 bits per heavy atom. The van der Waals surface area contributed by atoms with Gasteiger partial charge in [-0.1, -0.05) is 12.1 Å². The van der Waals surface area contributed by atoms with Gasteiger partial charge in [0, 0.05) is 31.5 Å². The van der Waals surface area contributed by atoms with Gasteiger partial charge in [-0.2, -0.15) is 5.26 Å². The summed E-state index contributed by atoms with van der Waals surface area (Å²) < 4.78 is 38.8. The molecular weight excluding hydrogens is 430 g/mol. The van der Waals surface area contributed by atoms with Gasteiger partial charge in [0.25, 0.3) is 5.91 Å². The van der Waals surface area contributed by atoms with Crippen molar-refractivity contribution >= 4 is 15.9 Å². The molecule has 0 radical (unpaired) electrons. The van der Waals surface area contributed by atoms with Gasteiger partial charge in [0.05, 0.1) is 30.2 Å². The molecule has 1 N–H and O–H groups in total. The van der Waals surface area contributed by atoms with E-state index in [9.17, 15) is 13.2 Å². The predicted octanol–water partition coefficient (Wildman–Crippen LogP) is 3.02. The van der Waals surface area contributed by atoms with Gasteiger partial charge in [0.15, 0.2) is 11.5 Å². The minimum atomic E-state index is -3.79. The van der Waals surface area contributed by atoms with E-state index in [1.54, 1.807) is 17.0 Å². The second kappa shape index (κ2) is 9.59. The average molecular weight is 456 g/mol. The van der Waals surface area contributed by atoms with Crippen molar-refractivity contribution in [3.05, 3.63) is 53.6 Å². The number of sulfonamides is 1. The molecule has 0 unspecified atom stereocenters. The Hall–Kier alpha value is -3.09. The number of nitrogens with zero attached hydrogens (tertiary/aromatic N) is 2. The summed E-state index contributed by atoms with van der Waals surface area (Å²) in [5, 5.41) is 8.62. The summed E-state index contributed by atoms with van der Waals surface area (Å²) in [6, 6.07) is 13.6. The fourth-order valence-electron chi connectivity index (χ4n) is 4.03. The molecule has 2 aliphatic heterocycles. The molecule has 4 rings (SSSR count). The second-order valence-corrected chi connectivity index (χ2v) is 9.51. The van der Waals surface area contributed by atoms with Crippen LogP contribution >= 0.6 is 0 Å². The molecule has 9 heteroatoms. The molecule has 8 nitrogen and oxygen atoms in total. The Bertz CT molecular complexity index is 1140. The van der Waals surface area contributed by atoms with E-state index < -0.39 is 10.0 Å². The third-order valence-electron chi connectivity index (χ3n) is 5.59. The topological polar surface area (TPSA) is 109 Å². The monoisotopic (exact) mass is 455 g/mol. The lowest BCUT2D eigenvalue weighted by Crippen LogP contribution is -2.31. The zero-order valence-electron chi connectivity index (χ0n) is 17.6. The second-order valence-electron chi connectivity index (χ2n) is 7.75. The number of rotatable bonds is 6. The summed E-state index contributed by atoms with van der Waals surface area (Å²) in [5.74, 6) is 1.19. The smallest absolute Gasteiger partial charge is 0.254 e. The number of fused-ring (bicyclic) bond motifs is 1. The van der Waals surface area contributed by atoms with Gasteiger partial charge in [-0.3, -0.25) is 4.79 Å². The van der Waals surface area contributed by atoms with Crippen LogP contribution in [0.2, 0.25) is 0 Å². The number of carbonyl (C=O) groups is 1. The summed E-state index contributed by atoms with van der Waals surface area (Å²) >= 11 is 0. The highest BCUT2D eigenvalue weighted by Crippen LogP contribution is 2.38. The van der Waals surface area contributed by atoms with Crippen molar-refractivity contribution in [3.8, 4) is 17.6 Å². The molecule has 1 amide bonds. The van der Waals surface area contributed by atoms with Crippen LogP contribution in [0.4, 0.5) is 0 Å². The Morgan fingerprint density at radius 1 is 1.12 bits per heavy atom. The van der Waals surface area contributed by atoms with Crippen LogP contribution in [-0.2, 0) is 10.0 Å². The van der Waals surface area contributed by atoms with E-state index in [-0.39, 0.29) is 29.8 Å². The summed E-state index contributed by atoms with van der Waals surface area (Å²) in [6.07, 6.45) is 2.57.